The van der Waals surface area contributed by atoms with Crippen LogP contribution < -0.4 is 15.1 Å². The molecule has 0 radical (unpaired) electrons. The molecule has 0 N–H and O–H groups in total. The number of nitrogens with zero attached hydrogens (tertiary/aromatic N) is 6. The Morgan fingerprint density at radius 3 is 2.05 bits per heavy atom. The van der Waals surface area contributed by atoms with Crippen molar-refractivity contribution >= 4 is 29.2 Å². The summed E-state index contributed by atoms with van der Waals surface area (Å²) in [6, 6.07) is 9.04. The Kier molecular flexibility index (Phi) is 12.2. The predicted octanol–water partition coefficient (Wildman–Crippen LogP) is 7.83. The monoisotopic (exact) mass is 606 g/mol. The van der Waals surface area contributed by atoms with Gasteiger partial charge < -0.3 is 14.0 Å². The maximum absolute atomic E-state index is 13.8. The van der Waals surface area contributed by atoms with Gasteiger partial charge in [-0.1, -0.05) is 60.1 Å². The Morgan fingerprint density at radius 2 is 1.51 bits per heavy atom. The van der Waals surface area contributed by atoms with Crippen LogP contribution in [0.1, 0.15) is 66.5 Å². The SMILES string of the molecule is CC.CC.COCCCOc1cc2c(cc1Cl)-c1cc(=O)c(N(c3ncccn3)c3ncccn3)cn1C(C(C)(C)C)C2. The Hall–Kier alpha value is -3.82. The molecular weight excluding hydrogens is 564 g/mol. The maximum atomic E-state index is 13.8. The number of fused-ring (bicyclic) bond motifs is 3. The van der Waals surface area contributed by atoms with Crippen LogP contribution in [0, 0.1) is 5.41 Å². The average molecular weight is 607 g/mol. The highest BCUT2D eigenvalue weighted by molar-refractivity contribution is 6.32. The third kappa shape index (κ3) is 7.77. The molecule has 10 heteroatoms. The minimum atomic E-state index is -0.210. The Balaban J connectivity index is 0.00000121. The lowest BCUT2D eigenvalue weighted by molar-refractivity contribution is 0.172. The van der Waals surface area contributed by atoms with E-state index in [1.807, 2.05) is 46.0 Å². The molecule has 0 aliphatic carbocycles. The van der Waals surface area contributed by atoms with Gasteiger partial charge >= 0.3 is 0 Å². The van der Waals surface area contributed by atoms with Crippen molar-refractivity contribution in [1.82, 2.24) is 24.5 Å². The maximum Gasteiger partial charge on any atom is 0.237 e. The highest BCUT2D eigenvalue weighted by atomic mass is 35.5. The molecule has 1 aromatic carbocycles. The van der Waals surface area contributed by atoms with Crippen molar-refractivity contribution < 1.29 is 9.47 Å². The van der Waals surface area contributed by atoms with E-state index in [1.54, 1.807) is 55.0 Å². The molecular formula is C33H43ClN6O3. The molecule has 9 nitrogen and oxygen atoms in total. The van der Waals surface area contributed by atoms with Crippen LogP contribution in [0.3, 0.4) is 0 Å². The molecule has 0 saturated heterocycles. The molecule has 0 spiro atoms. The van der Waals surface area contributed by atoms with E-state index in [1.165, 1.54) is 0 Å². The van der Waals surface area contributed by atoms with E-state index in [9.17, 15) is 4.79 Å². The van der Waals surface area contributed by atoms with Gasteiger partial charge in [0, 0.05) is 68.8 Å². The molecule has 0 saturated carbocycles. The molecule has 230 valence electrons. The molecule has 0 fully saturated rings. The smallest absolute Gasteiger partial charge is 0.237 e. The van der Waals surface area contributed by atoms with Crippen LogP contribution in [0.4, 0.5) is 17.6 Å². The van der Waals surface area contributed by atoms with Gasteiger partial charge in [0.15, 0.2) is 0 Å². The van der Waals surface area contributed by atoms with Crippen LogP contribution >= 0.6 is 11.6 Å². The first-order valence-corrected chi connectivity index (χ1v) is 15.2. The third-order valence-corrected chi connectivity index (χ3v) is 7.03. The molecule has 3 aromatic heterocycles. The molecule has 0 amide bonds. The Morgan fingerprint density at radius 1 is 0.930 bits per heavy atom. The van der Waals surface area contributed by atoms with E-state index in [-0.39, 0.29) is 16.9 Å². The van der Waals surface area contributed by atoms with E-state index in [4.69, 9.17) is 21.1 Å². The van der Waals surface area contributed by atoms with Crippen LogP contribution in [0.15, 0.2) is 66.1 Å². The van der Waals surface area contributed by atoms with Crippen molar-refractivity contribution in [3.05, 3.63) is 82.1 Å². The van der Waals surface area contributed by atoms with Crippen LogP contribution in [0.25, 0.3) is 11.3 Å². The van der Waals surface area contributed by atoms with Crippen molar-refractivity contribution in [3.63, 3.8) is 0 Å². The lowest BCUT2D eigenvalue weighted by Crippen LogP contribution is -2.33. The van der Waals surface area contributed by atoms with Crippen LogP contribution in [0.2, 0.25) is 5.02 Å². The summed E-state index contributed by atoms with van der Waals surface area (Å²) < 4.78 is 13.3. The van der Waals surface area contributed by atoms with Gasteiger partial charge in [0.1, 0.15) is 11.4 Å². The number of hydrogen-bond acceptors (Lipinski definition) is 8. The molecule has 4 heterocycles. The Labute approximate surface area is 259 Å². The summed E-state index contributed by atoms with van der Waals surface area (Å²) in [6.07, 6.45) is 9.87. The zero-order chi connectivity index (χ0) is 31.6. The zero-order valence-corrected chi connectivity index (χ0v) is 27.2. The van der Waals surface area contributed by atoms with Crippen LogP contribution in [-0.2, 0) is 11.2 Å². The first kappa shape index (κ1) is 33.7. The van der Waals surface area contributed by atoms with Gasteiger partial charge in [-0.15, -0.1) is 0 Å². The largest absolute Gasteiger partial charge is 0.492 e. The number of halogens is 1. The van der Waals surface area contributed by atoms with Gasteiger partial charge in [-0.2, -0.15) is 0 Å². The van der Waals surface area contributed by atoms with Crippen LogP contribution in [-0.4, -0.2) is 44.8 Å². The number of anilines is 3. The summed E-state index contributed by atoms with van der Waals surface area (Å²) >= 11 is 6.66. The minimum absolute atomic E-state index is 0.0390. The summed E-state index contributed by atoms with van der Waals surface area (Å²) in [4.78, 5) is 32.9. The van der Waals surface area contributed by atoms with E-state index < -0.39 is 0 Å². The number of ether oxygens (including phenoxy) is 2. The predicted molar refractivity (Wildman–Crippen MR) is 174 cm³/mol. The fraction of sp³-hybridized carbons (Fsp3) is 0.424. The highest BCUT2D eigenvalue weighted by Gasteiger charge is 2.34. The number of rotatable bonds is 8. The summed E-state index contributed by atoms with van der Waals surface area (Å²) in [5, 5.41) is 0.500. The average Bonchev–Trinajstić information content (AvgIpc) is 3.02. The normalized spacial score (nSPS) is 13.4. The second kappa shape index (κ2) is 15.6. The molecule has 1 aliphatic heterocycles. The first-order chi connectivity index (χ1) is 20.8. The fourth-order valence-corrected chi connectivity index (χ4v) is 5.05. The van der Waals surface area contributed by atoms with Crippen LogP contribution in [0.5, 0.6) is 5.75 Å². The first-order valence-electron chi connectivity index (χ1n) is 14.8. The van der Waals surface area contributed by atoms with Crippen molar-refractivity contribution in [2.45, 2.75) is 67.3 Å². The number of aromatic nitrogens is 5. The molecule has 43 heavy (non-hydrogen) atoms. The van der Waals surface area contributed by atoms with E-state index in [0.717, 1.165) is 29.7 Å². The lowest BCUT2D eigenvalue weighted by Gasteiger charge is -2.39. The molecule has 1 aliphatic rings. The second-order valence-corrected chi connectivity index (χ2v) is 10.9. The quantitative estimate of drug-likeness (QED) is 0.187. The van der Waals surface area contributed by atoms with Crippen molar-refractivity contribution in [3.8, 4) is 17.0 Å². The molecule has 4 aromatic rings. The van der Waals surface area contributed by atoms with Gasteiger partial charge in [0.2, 0.25) is 17.3 Å². The standard InChI is InChI=1S/C29H31ClN6O3.2C2H6/c1-29(2,3)26-15-19-14-25(39-13-7-12-38-4)21(30)16-20(19)22-17-24(37)23(18-35(22)26)36(27-31-8-5-9-32-27)28-33-10-6-11-34-28;2*1-2/h5-6,8-11,14,16-18,26H,7,12-13,15H2,1-4H3;2*1-2H3. The molecule has 5 rings (SSSR count). The lowest BCUT2D eigenvalue weighted by atomic mass is 9.79. The number of hydrogen-bond donors (Lipinski definition) is 0. The van der Waals surface area contributed by atoms with E-state index >= 15 is 0 Å². The molecule has 1 unspecified atom stereocenters. The minimum Gasteiger partial charge on any atom is -0.492 e. The number of methoxy groups -OCH3 is 1. The summed E-state index contributed by atoms with van der Waals surface area (Å²) in [6.45, 7) is 15.7. The van der Waals surface area contributed by atoms with Crippen molar-refractivity contribution in [2.75, 3.05) is 25.2 Å². The molecule has 0 bridgehead atoms. The van der Waals surface area contributed by atoms with Gasteiger partial charge in [0.05, 0.1) is 17.3 Å². The van der Waals surface area contributed by atoms with E-state index in [2.05, 4.69) is 45.3 Å². The van der Waals surface area contributed by atoms with Gasteiger partial charge in [-0.05, 0) is 41.7 Å². The second-order valence-electron chi connectivity index (χ2n) is 10.5. The molecule has 1 atom stereocenters. The number of benzene rings is 1. The summed E-state index contributed by atoms with van der Waals surface area (Å²) in [5.41, 5.74) is 2.81. The van der Waals surface area contributed by atoms with Gasteiger partial charge in [-0.25, -0.2) is 24.8 Å². The van der Waals surface area contributed by atoms with E-state index in [0.29, 0.717) is 41.6 Å². The topological polar surface area (TPSA) is 95.3 Å². The number of pyridine rings is 1. The zero-order valence-electron chi connectivity index (χ0n) is 26.5. The summed E-state index contributed by atoms with van der Waals surface area (Å²) in [7, 11) is 1.67. The van der Waals surface area contributed by atoms with Gasteiger partial charge in [-0.3, -0.25) is 4.79 Å². The van der Waals surface area contributed by atoms with Crippen molar-refractivity contribution in [2.24, 2.45) is 5.41 Å². The fourth-order valence-electron chi connectivity index (χ4n) is 4.83. The van der Waals surface area contributed by atoms with Crippen molar-refractivity contribution in [1.29, 1.82) is 0 Å². The third-order valence-electron chi connectivity index (χ3n) is 6.74. The van der Waals surface area contributed by atoms with Gasteiger partial charge in [0.25, 0.3) is 0 Å². The Bertz CT molecular complexity index is 1470. The summed E-state index contributed by atoms with van der Waals surface area (Å²) in [5.74, 6) is 1.26. The highest BCUT2D eigenvalue weighted by Crippen LogP contribution is 2.45.